The lowest BCUT2D eigenvalue weighted by molar-refractivity contribution is -0.389. The third-order valence-corrected chi connectivity index (χ3v) is 2.59. The van der Waals surface area contributed by atoms with Gasteiger partial charge in [0.05, 0.1) is 6.54 Å². The van der Waals surface area contributed by atoms with E-state index in [0.29, 0.717) is 12.4 Å². The van der Waals surface area contributed by atoms with Crippen LogP contribution in [0.3, 0.4) is 0 Å². The Labute approximate surface area is 116 Å². The molecule has 0 spiro atoms. The molecule has 0 saturated carbocycles. The number of hydrogen-bond acceptors (Lipinski definition) is 6. The first-order valence-electron chi connectivity index (χ1n) is 6.33. The molecule has 0 aliphatic rings. The SMILES string of the molecule is CCCNc1cc(C)nc(Cn2cnc([N+](=O)[O-])c2)n1. The van der Waals surface area contributed by atoms with Crippen molar-refractivity contribution in [1.82, 2.24) is 19.5 Å². The van der Waals surface area contributed by atoms with Gasteiger partial charge in [-0.05, 0) is 23.3 Å². The number of nitrogens with zero attached hydrogens (tertiary/aromatic N) is 5. The van der Waals surface area contributed by atoms with Crippen molar-refractivity contribution in [1.29, 1.82) is 0 Å². The number of anilines is 1. The standard InChI is InChI=1S/C12H16N6O2/c1-3-4-13-10-5-9(2)15-11(16-10)6-17-7-12(14-8-17)18(19)20/h5,7-8H,3-4,6H2,1-2H3,(H,13,15,16). The topological polar surface area (TPSA) is 98.8 Å². The fourth-order valence-corrected chi connectivity index (χ4v) is 1.74. The second-order valence-electron chi connectivity index (χ2n) is 4.40. The summed E-state index contributed by atoms with van der Waals surface area (Å²) in [6.07, 6.45) is 3.78. The predicted octanol–water partition coefficient (Wildman–Crippen LogP) is 1.76. The van der Waals surface area contributed by atoms with Crippen molar-refractivity contribution >= 4 is 11.6 Å². The van der Waals surface area contributed by atoms with Crippen molar-refractivity contribution in [3.63, 3.8) is 0 Å². The maximum Gasteiger partial charge on any atom is 0.381 e. The van der Waals surface area contributed by atoms with E-state index in [1.807, 2.05) is 13.0 Å². The summed E-state index contributed by atoms with van der Waals surface area (Å²) in [4.78, 5) is 22.5. The number of hydrogen-bond donors (Lipinski definition) is 1. The number of aryl methyl sites for hydroxylation is 1. The lowest BCUT2D eigenvalue weighted by Gasteiger charge is -2.07. The summed E-state index contributed by atoms with van der Waals surface area (Å²) in [6, 6.07) is 1.87. The first-order chi connectivity index (χ1) is 9.58. The van der Waals surface area contributed by atoms with E-state index in [1.165, 1.54) is 12.5 Å². The van der Waals surface area contributed by atoms with Crippen LogP contribution in [0.15, 0.2) is 18.6 Å². The summed E-state index contributed by atoms with van der Waals surface area (Å²) in [5.41, 5.74) is 0.850. The number of aromatic nitrogens is 4. The van der Waals surface area contributed by atoms with Gasteiger partial charge in [0.25, 0.3) is 0 Å². The van der Waals surface area contributed by atoms with Crippen LogP contribution in [0, 0.1) is 17.0 Å². The molecule has 0 atom stereocenters. The maximum atomic E-state index is 10.6. The molecule has 106 valence electrons. The zero-order chi connectivity index (χ0) is 14.5. The number of nitrogens with one attached hydrogen (secondary N) is 1. The molecule has 2 aromatic rings. The molecule has 0 aromatic carbocycles. The molecule has 0 fully saturated rings. The minimum atomic E-state index is -0.526. The highest BCUT2D eigenvalue weighted by atomic mass is 16.6. The van der Waals surface area contributed by atoms with Crippen LogP contribution in [0.1, 0.15) is 24.9 Å². The van der Waals surface area contributed by atoms with E-state index in [1.54, 1.807) is 4.57 Å². The van der Waals surface area contributed by atoms with Crippen molar-refractivity contribution in [2.75, 3.05) is 11.9 Å². The molecule has 0 unspecified atom stereocenters. The van der Waals surface area contributed by atoms with Crippen molar-refractivity contribution in [2.45, 2.75) is 26.8 Å². The minimum Gasteiger partial charge on any atom is -0.370 e. The van der Waals surface area contributed by atoms with Crippen LogP contribution in [0.4, 0.5) is 11.6 Å². The quantitative estimate of drug-likeness (QED) is 0.637. The fourth-order valence-electron chi connectivity index (χ4n) is 1.74. The van der Waals surface area contributed by atoms with Crippen LogP contribution in [0.2, 0.25) is 0 Å². The second-order valence-corrected chi connectivity index (χ2v) is 4.40. The zero-order valence-corrected chi connectivity index (χ0v) is 11.4. The second kappa shape index (κ2) is 6.09. The van der Waals surface area contributed by atoms with Gasteiger partial charge in [-0.3, -0.25) is 0 Å². The van der Waals surface area contributed by atoms with Crippen molar-refractivity contribution in [3.8, 4) is 0 Å². The van der Waals surface area contributed by atoms with Crippen LogP contribution in [-0.4, -0.2) is 31.0 Å². The molecule has 20 heavy (non-hydrogen) atoms. The van der Waals surface area contributed by atoms with E-state index in [0.717, 1.165) is 24.5 Å². The molecular weight excluding hydrogens is 260 g/mol. The molecule has 1 N–H and O–H groups in total. The van der Waals surface area contributed by atoms with Crippen LogP contribution in [0.5, 0.6) is 0 Å². The van der Waals surface area contributed by atoms with Crippen molar-refractivity contribution in [3.05, 3.63) is 40.2 Å². The highest BCUT2D eigenvalue weighted by molar-refractivity contribution is 5.35. The molecule has 8 nitrogen and oxygen atoms in total. The van der Waals surface area contributed by atoms with Crippen LogP contribution in [-0.2, 0) is 6.54 Å². The Hall–Kier alpha value is -2.51. The molecule has 0 radical (unpaired) electrons. The van der Waals surface area contributed by atoms with Gasteiger partial charge < -0.3 is 20.0 Å². The third kappa shape index (κ3) is 3.50. The van der Waals surface area contributed by atoms with Gasteiger partial charge in [0.2, 0.25) is 6.33 Å². The molecule has 0 aliphatic carbocycles. The summed E-state index contributed by atoms with van der Waals surface area (Å²) in [5, 5.41) is 13.8. The first-order valence-corrected chi connectivity index (χ1v) is 6.33. The van der Waals surface area contributed by atoms with Gasteiger partial charge in [-0.1, -0.05) is 6.92 Å². The van der Waals surface area contributed by atoms with Gasteiger partial charge in [0, 0.05) is 18.3 Å². The van der Waals surface area contributed by atoms with Crippen LogP contribution >= 0.6 is 0 Å². The fraction of sp³-hybridized carbons (Fsp3) is 0.417. The average Bonchev–Trinajstić information content (AvgIpc) is 2.84. The molecule has 0 bridgehead atoms. The van der Waals surface area contributed by atoms with Gasteiger partial charge in [0.1, 0.15) is 12.0 Å². The lowest BCUT2D eigenvalue weighted by atomic mass is 10.4. The molecule has 2 heterocycles. The minimum absolute atomic E-state index is 0.179. The summed E-state index contributed by atoms with van der Waals surface area (Å²) in [7, 11) is 0. The predicted molar refractivity (Wildman–Crippen MR) is 73.5 cm³/mol. The number of nitro groups is 1. The molecule has 0 aliphatic heterocycles. The van der Waals surface area contributed by atoms with Crippen molar-refractivity contribution in [2.24, 2.45) is 0 Å². The highest BCUT2D eigenvalue weighted by Gasteiger charge is 2.11. The first kappa shape index (κ1) is 13.9. The van der Waals surface area contributed by atoms with Crippen LogP contribution in [0.25, 0.3) is 0 Å². The van der Waals surface area contributed by atoms with E-state index >= 15 is 0 Å². The molecule has 2 rings (SSSR count). The summed E-state index contributed by atoms with van der Waals surface area (Å²) in [5.74, 6) is 1.18. The molecular formula is C12H16N6O2. The van der Waals surface area contributed by atoms with Gasteiger partial charge >= 0.3 is 5.82 Å². The zero-order valence-electron chi connectivity index (χ0n) is 11.4. The number of rotatable bonds is 6. The van der Waals surface area contributed by atoms with Gasteiger partial charge in [-0.25, -0.2) is 9.97 Å². The molecule has 0 amide bonds. The lowest BCUT2D eigenvalue weighted by Crippen LogP contribution is -2.08. The number of imidazole rings is 1. The van der Waals surface area contributed by atoms with E-state index < -0.39 is 4.92 Å². The van der Waals surface area contributed by atoms with Gasteiger partial charge in [0.15, 0.2) is 5.82 Å². The largest absolute Gasteiger partial charge is 0.381 e. The van der Waals surface area contributed by atoms with Gasteiger partial charge in [-0.2, -0.15) is 0 Å². The van der Waals surface area contributed by atoms with E-state index in [4.69, 9.17) is 0 Å². The maximum absolute atomic E-state index is 10.6. The summed E-state index contributed by atoms with van der Waals surface area (Å²) >= 11 is 0. The average molecular weight is 276 g/mol. The van der Waals surface area contributed by atoms with E-state index in [2.05, 4.69) is 27.2 Å². The Morgan fingerprint density at radius 1 is 1.45 bits per heavy atom. The highest BCUT2D eigenvalue weighted by Crippen LogP contribution is 2.10. The van der Waals surface area contributed by atoms with Crippen LogP contribution < -0.4 is 5.32 Å². The smallest absolute Gasteiger partial charge is 0.370 e. The summed E-state index contributed by atoms with van der Waals surface area (Å²) < 4.78 is 1.59. The Morgan fingerprint density at radius 2 is 2.25 bits per heavy atom. The van der Waals surface area contributed by atoms with E-state index in [-0.39, 0.29) is 5.82 Å². The third-order valence-electron chi connectivity index (χ3n) is 2.59. The molecule has 0 saturated heterocycles. The molecule has 2 aromatic heterocycles. The Balaban J connectivity index is 2.15. The van der Waals surface area contributed by atoms with Gasteiger partial charge in [-0.15, -0.1) is 0 Å². The normalized spacial score (nSPS) is 10.5. The Morgan fingerprint density at radius 3 is 2.90 bits per heavy atom. The summed E-state index contributed by atoms with van der Waals surface area (Å²) in [6.45, 7) is 5.15. The Bertz CT molecular complexity index is 610. The van der Waals surface area contributed by atoms with Crippen molar-refractivity contribution < 1.29 is 4.92 Å². The van der Waals surface area contributed by atoms with E-state index in [9.17, 15) is 10.1 Å². The molecule has 8 heteroatoms. The Kier molecular flexibility index (Phi) is 4.24. The monoisotopic (exact) mass is 276 g/mol.